The Morgan fingerprint density at radius 2 is 1.63 bits per heavy atom. The van der Waals surface area contributed by atoms with Crippen molar-refractivity contribution >= 4 is 11.7 Å². The van der Waals surface area contributed by atoms with Crippen LogP contribution in [0.1, 0.15) is 40.1 Å². The lowest BCUT2D eigenvalue weighted by atomic mass is 9.78. The molecule has 0 spiro atoms. The lowest BCUT2D eigenvalue weighted by Crippen LogP contribution is -2.49. The van der Waals surface area contributed by atoms with E-state index in [4.69, 9.17) is 9.47 Å². The van der Waals surface area contributed by atoms with Gasteiger partial charge < -0.3 is 14.4 Å². The molecule has 2 heterocycles. The number of ketones is 1. The van der Waals surface area contributed by atoms with E-state index in [1.54, 1.807) is 26.4 Å². The molecule has 158 valence electrons. The molecule has 0 bridgehead atoms. The Kier molecular flexibility index (Phi) is 5.28. The lowest BCUT2D eigenvalue weighted by molar-refractivity contribution is 0.0560. The van der Waals surface area contributed by atoms with Crippen LogP contribution < -0.4 is 9.47 Å². The second-order valence-corrected chi connectivity index (χ2v) is 8.21. The van der Waals surface area contributed by atoms with Gasteiger partial charge in [0.1, 0.15) is 11.5 Å². The summed E-state index contributed by atoms with van der Waals surface area (Å²) in [7, 11) is 3.29. The first-order valence-electron chi connectivity index (χ1n) is 10.3. The van der Waals surface area contributed by atoms with Crippen molar-refractivity contribution in [2.45, 2.75) is 26.4 Å². The van der Waals surface area contributed by atoms with Gasteiger partial charge in [-0.1, -0.05) is 24.3 Å². The number of benzene rings is 2. The van der Waals surface area contributed by atoms with E-state index in [2.05, 4.69) is 4.90 Å². The Hall–Kier alpha value is -2.86. The summed E-state index contributed by atoms with van der Waals surface area (Å²) in [6, 6.07) is 12.7. The number of likely N-dealkylation sites (tertiary alicyclic amines) is 1. The van der Waals surface area contributed by atoms with Crippen LogP contribution in [0.15, 0.2) is 42.5 Å². The Morgan fingerprint density at radius 3 is 2.23 bits per heavy atom. The molecule has 1 amide bonds. The number of carbonyl (C=O) groups excluding carboxylic acids is 2. The molecule has 6 nitrogen and oxygen atoms in total. The fourth-order valence-electron chi connectivity index (χ4n) is 5.01. The smallest absolute Gasteiger partial charge is 0.254 e. The first kappa shape index (κ1) is 20.4. The van der Waals surface area contributed by atoms with Crippen molar-refractivity contribution in [2.24, 2.45) is 5.41 Å². The van der Waals surface area contributed by atoms with Crippen LogP contribution in [0.25, 0.3) is 0 Å². The first-order valence-corrected chi connectivity index (χ1v) is 10.3. The van der Waals surface area contributed by atoms with Crippen molar-refractivity contribution in [1.82, 2.24) is 9.80 Å². The molecular weight excluding hydrogens is 380 g/mol. The minimum atomic E-state index is -0.673. The van der Waals surface area contributed by atoms with Crippen molar-refractivity contribution in [3.05, 3.63) is 59.2 Å². The normalized spacial score (nSPS) is 23.7. The van der Waals surface area contributed by atoms with Crippen molar-refractivity contribution in [3.63, 3.8) is 0 Å². The predicted molar refractivity (Wildman–Crippen MR) is 114 cm³/mol. The number of methoxy groups -OCH3 is 2. The molecule has 0 aliphatic carbocycles. The molecule has 0 aromatic heterocycles. The van der Waals surface area contributed by atoms with Gasteiger partial charge in [-0.25, -0.2) is 0 Å². The predicted octanol–water partition coefficient (Wildman–Crippen LogP) is 3.25. The van der Waals surface area contributed by atoms with Crippen molar-refractivity contribution in [3.8, 4) is 11.5 Å². The Bertz CT molecular complexity index is 967. The summed E-state index contributed by atoms with van der Waals surface area (Å²) in [5.74, 6) is 1.49. The highest BCUT2D eigenvalue weighted by Gasteiger charge is 2.54. The molecule has 30 heavy (non-hydrogen) atoms. The second-order valence-electron chi connectivity index (χ2n) is 8.21. The number of nitrogens with zero attached hydrogens (tertiary/aromatic N) is 2. The zero-order valence-electron chi connectivity index (χ0n) is 18.0. The van der Waals surface area contributed by atoms with E-state index in [1.807, 2.05) is 49.1 Å². The standard InChI is InChI=1S/C24H28N2O4/c1-5-26-21-14-25(13-18-19(29-3)11-8-12-20(18)30-4)15-24(21,2)22(27)16-9-6-7-10-17(16)23(26)28/h6-12,21H,5,13-15H2,1-4H3/t21-,24+/m1/s1. The van der Waals surface area contributed by atoms with Crippen LogP contribution in [-0.2, 0) is 6.54 Å². The number of carbonyl (C=O) groups is 2. The van der Waals surface area contributed by atoms with Gasteiger partial charge in [-0.3, -0.25) is 14.5 Å². The summed E-state index contributed by atoms with van der Waals surface area (Å²) < 4.78 is 11.1. The number of fused-ring (bicyclic) bond motifs is 2. The van der Waals surface area contributed by atoms with E-state index in [0.717, 1.165) is 17.1 Å². The zero-order chi connectivity index (χ0) is 21.5. The van der Waals surface area contributed by atoms with E-state index < -0.39 is 5.41 Å². The van der Waals surface area contributed by atoms with Crippen LogP contribution in [0.3, 0.4) is 0 Å². The number of likely N-dealkylation sites (N-methyl/N-ethyl adjacent to an activating group) is 1. The lowest BCUT2D eigenvalue weighted by Gasteiger charge is -2.34. The molecule has 2 atom stereocenters. The van der Waals surface area contributed by atoms with Gasteiger partial charge in [0.2, 0.25) is 0 Å². The summed E-state index contributed by atoms with van der Waals surface area (Å²) in [5.41, 5.74) is 1.32. The van der Waals surface area contributed by atoms with Crippen molar-refractivity contribution in [2.75, 3.05) is 33.9 Å². The zero-order valence-corrected chi connectivity index (χ0v) is 18.0. The number of amides is 1. The maximum absolute atomic E-state index is 13.6. The molecular formula is C24H28N2O4. The van der Waals surface area contributed by atoms with Crippen LogP contribution in [-0.4, -0.2) is 61.4 Å². The Labute approximate surface area is 177 Å². The maximum Gasteiger partial charge on any atom is 0.254 e. The van der Waals surface area contributed by atoms with Gasteiger partial charge in [-0.15, -0.1) is 0 Å². The molecule has 0 radical (unpaired) electrons. The number of ether oxygens (including phenoxy) is 2. The minimum Gasteiger partial charge on any atom is -0.496 e. The largest absolute Gasteiger partial charge is 0.496 e. The highest BCUT2D eigenvalue weighted by Crippen LogP contribution is 2.42. The third kappa shape index (κ3) is 3.06. The Morgan fingerprint density at radius 1 is 1.00 bits per heavy atom. The number of hydrogen-bond donors (Lipinski definition) is 0. The molecule has 1 fully saturated rings. The monoisotopic (exact) mass is 408 g/mol. The van der Waals surface area contributed by atoms with Crippen molar-refractivity contribution in [1.29, 1.82) is 0 Å². The molecule has 0 saturated carbocycles. The molecule has 0 unspecified atom stereocenters. The van der Waals surface area contributed by atoms with Gasteiger partial charge in [-0.05, 0) is 32.0 Å². The van der Waals surface area contributed by atoms with Crippen LogP contribution >= 0.6 is 0 Å². The molecule has 2 aromatic rings. The van der Waals surface area contributed by atoms with Crippen LogP contribution in [0.2, 0.25) is 0 Å². The van der Waals surface area contributed by atoms with Gasteiger partial charge in [-0.2, -0.15) is 0 Å². The van der Waals surface area contributed by atoms with Crippen LogP contribution in [0.5, 0.6) is 11.5 Å². The first-order chi connectivity index (χ1) is 14.4. The molecule has 6 heteroatoms. The van der Waals surface area contributed by atoms with Crippen LogP contribution in [0.4, 0.5) is 0 Å². The fourth-order valence-corrected chi connectivity index (χ4v) is 5.01. The summed E-state index contributed by atoms with van der Waals surface area (Å²) in [5, 5.41) is 0. The third-order valence-electron chi connectivity index (χ3n) is 6.53. The highest BCUT2D eigenvalue weighted by atomic mass is 16.5. The summed E-state index contributed by atoms with van der Waals surface area (Å²) in [6.45, 7) is 6.30. The topological polar surface area (TPSA) is 59.1 Å². The highest BCUT2D eigenvalue weighted by molar-refractivity contribution is 6.12. The third-order valence-corrected chi connectivity index (χ3v) is 6.53. The maximum atomic E-state index is 13.6. The molecule has 2 aromatic carbocycles. The number of rotatable bonds is 5. The van der Waals surface area contributed by atoms with Gasteiger partial charge in [0.15, 0.2) is 5.78 Å². The second kappa shape index (κ2) is 7.76. The van der Waals surface area contributed by atoms with Crippen LogP contribution in [0, 0.1) is 5.41 Å². The quantitative estimate of drug-likeness (QED) is 0.760. The average molecular weight is 408 g/mol. The average Bonchev–Trinajstić information content (AvgIpc) is 3.08. The van der Waals surface area contributed by atoms with Crippen molar-refractivity contribution < 1.29 is 19.1 Å². The van der Waals surface area contributed by atoms with E-state index in [1.165, 1.54) is 0 Å². The Balaban J connectivity index is 1.72. The van der Waals surface area contributed by atoms with Gasteiger partial charge in [0.25, 0.3) is 5.91 Å². The minimum absolute atomic E-state index is 0.0434. The summed E-state index contributed by atoms with van der Waals surface area (Å²) >= 11 is 0. The molecule has 1 saturated heterocycles. The fraction of sp³-hybridized carbons (Fsp3) is 0.417. The van der Waals surface area contributed by atoms with Gasteiger partial charge in [0, 0.05) is 31.7 Å². The van der Waals surface area contributed by atoms with E-state index in [9.17, 15) is 9.59 Å². The van der Waals surface area contributed by atoms with Gasteiger partial charge >= 0.3 is 0 Å². The molecule has 2 aliphatic rings. The molecule has 4 rings (SSSR count). The van der Waals surface area contributed by atoms with E-state index in [-0.39, 0.29) is 17.7 Å². The van der Waals surface area contributed by atoms with E-state index >= 15 is 0 Å². The molecule has 2 aliphatic heterocycles. The molecule has 0 N–H and O–H groups in total. The summed E-state index contributed by atoms with van der Waals surface area (Å²) in [6.07, 6.45) is 0. The number of Topliss-reactive ketones (excluding diaryl/α,β-unsaturated/α-hetero) is 1. The number of hydrogen-bond acceptors (Lipinski definition) is 5. The SMILES string of the molecule is CCN1C(=O)c2ccccc2C(=O)[C@@]2(C)CN(Cc3c(OC)cccc3OC)C[C@@H]12. The summed E-state index contributed by atoms with van der Waals surface area (Å²) in [4.78, 5) is 31.0. The van der Waals surface area contributed by atoms with Gasteiger partial charge in [0.05, 0.1) is 36.8 Å². The van der Waals surface area contributed by atoms with E-state index in [0.29, 0.717) is 37.3 Å².